The Morgan fingerprint density at radius 1 is 1.00 bits per heavy atom. The fourth-order valence-corrected chi connectivity index (χ4v) is 2.94. The Labute approximate surface area is 129 Å². The van der Waals surface area contributed by atoms with E-state index < -0.39 is 0 Å². The van der Waals surface area contributed by atoms with Gasteiger partial charge >= 0.3 is 0 Å². The first-order chi connectivity index (χ1) is 10.2. The Morgan fingerprint density at radius 2 is 1.67 bits per heavy atom. The van der Waals surface area contributed by atoms with Gasteiger partial charge < -0.3 is 10.6 Å². The van der Waals surface area contributed by atoms with Crippen molar-refractivity contribution < 1.29 is 0 Å². The van der Waals surface area contributed by atoms with Gasteiger partial charge in [0.15, 0.2) is 0 Å². The van der Waals surface area contributed by atoms with E-state index >= 15 is 0 Å². The summed E-state index contributed by atoms with van der Waals surface area (Å²) in [5, 5.41) is 7.02. The summed E-state index contributed by atoms with van der Waals surface area (Å²) in [6.45, 7) is 8.48. The van der Waals surface area contributed by atoms with E-state index in [1.165, 1.54) is 25.7 Å². The monoisotopic (exact) mass is 290 g/mol. The van der Waals surface area contributed by atoms with Crippen LogP contribution in [-0.4, -0.2) is 23.1 Å². The smallest absolute Gasteiger partial charge is 0.134 e. The first-order valence-electron chi connectivity index (χ1n) is 8.59. The molecular weight excluding hydrogens is 260 g/mol. The number of rotatable bonds is 8. The summed E-state index contributed by atoms with van der Waals surface area (Å²) in [5.74, 6) is 3.81. The third-order valence-corrected chi connectivity index (χ3v) is 4.24. The van der Waals surface area contributed by atoms with Crippen LogP contribution in [0.1, 0.15) is 63.8 Å². The summed E-state index contributed by atoms with van der Waals surface area (Å²) in [7, 11) is 0. The van der Waals surface area contributed by atoms with Crippen LogP contribution in [0.2, 0.25) is 0 Å². The van der Waals surface area contributed by atoms with Crippen LogP contribution in [0.4, 0.5) is 11.6 Å². The summed E-state index contributed by atoms with van der Waals surface area (Å²) in [4.78, 5) is 9.41. The zero-order valence-electron chi connectivity index (χ0n) is 13.8. The van der Waals surface area contributed by atoms with E-state index in [0.717, 1.165) is 61.3 Å². The van der Waals surface area contributed by atoms with Crippen molar-refractivity contribution in [2.45, 2.75) is 65.7 Å². The maximum Gasteiger partial charge on any atom is 0.134 e. The van der Waals surface area contributed by atoms with E-state index in [2.05, 4.69) is 36.4 Å². The van der Waals surface area contributed by atoms with E-state index in [1.807, 2.05) is 0 Å². The van der Waals surface area contributed by atoms with Gasteiger partial charge in [-0.05, 0) is 38.5 Å². The van der Waals surface area contributed by atoms with Gasteiger partial charge in [-0.25, -0.2) is 9.97 Å². The van der Waals surface area contributed by atoms with Gasteiger partial charge in [-0.2, -0.15) is 0 Å². The Kier molecular flexibility index (Phi) is 6.27. The van der Waals surface area contributed by atoms with Gasteiger partial charge in [-0.3, -0.25) is 0 Å². The fourth-order valence-electron chi connectivity index (χ4n) is 2.94. The second-order valence-electron chi connectivity index (χ2n) is 6.17. The molecule has 4 heteroatoms. The molecule has 0 radical (unpaired) electrons. The molecule has 1 saturated carbocycles. The average molecular weight is 290 g/mol. The van der Waals surface area contributed by atoms with Crippen LogP contribution in [0.3, 0.4) is 0 Å². The highest BCUT2D eigenvalue weighted by molar-refractivity contribution is 5.57. The third kappa shape index (κ3) is 4.58. The lowest BCUT2D eigenvalue weighted by Crippen LogP contribution is -2.16. The highest BCUT2D eigenvalue weighted by atomic mass is 15.1. The van der Waals surface area contributed by atoms with Crippen LogP contribution in [0, 0.1) is 12.8 Å². The molecule has 118 valence electrons. The molecule has 0 amide bonds. The molecular formula is C17H30N4. The highest BCUT2D eigenvalue weighted by Gasteiger charge is 2.16. The number of aryl methyl sites for hydroxylation is 1. The van der Waals surface area contributed by atoms with Crippen LogP contribution in [0.25, 0.3) is 0 Å². The topological polar surface area (TPSA) is 49.8 Å². The lowest BCUT2D eigenvalue weighted by Gasteiger charge is -2.17. The molecule has 2 N–H and O–H groups in total. The maximum atomic E-state index is 4.73. The second kappa shape index (κ2) is 8.20. The number of hydrogen-bond donors (Lipinski definition) is 2. The molecule has 0 atom stereocenters. The molecule has 1 heterocycles. The maximum absolute atomic E-state index is 4.73. The van der Waals surface area contributed by atoms with Crippen molar-refractivity contribution in [3.05, 3.63) is 11.4 Å². The molecule has 0 unspecified atom stereocenters. The van der Waals surface area contributed by atoms with E-state index in [9.17, 15) is 0 Å². The van der Waals surface area contributed by atoms with Crippen LogP contribution < -0.4 is 10.6 Å². The third-order valence-electron chi connectivity index (χ3n) is 4.24. The van der Waals surface area contributed by atoms with Crippen molar-refractivity contribution in [1.82, 2.24) is 9.97 Å². The molecule has 0 bridgehead atoms. The van der Waals surface area contributed by atoms with E-state index in [-0.39, 0.29) is 0 Å². The van der Waals surface area contributed by atoms with Crippen molar-refractivity contribution in [2.75, 3.05) is 23.7 Å². The summed E-state index contributed by atoms with van der Waals surface area (Å²) < 4.78 is 0. The molecule has 1 aliphatic carbocycles. The Morgan fingerprint density at radius 3 is 2.29 bits per heavy atom. The number of nitrogens with zero attached hydrogens (tertiary/aromatic N) is 2. The molecule has 0 spiro atoms. The van der Waals surface area contributed by atoms with E-state index in [4.69, 9.17) is 4.98 Å². The molecule has 0 aromatic carbocycles. The molecule has 21 heavy (non-hydrogen) atoms. The van der Waals surface area contributed by atoms with Gasteiger partial charge in [0.25, 0.3) is 0 Å². The largest absolute Gasteiger partial charge is 0.370 e. The predicted molar refractivity (Wildman–Crippen MR) is 90.0 cm³/mol. The molecule has 0 aliphatic heterocycles. The summed E-state index contributed by atoms with van der Waals surface area (Å²) in [6.07, 6.45) is 8.63. The first kappa shape index (κ1) is 16.1. The molecule has 1 fully saturated rings. The van der Waals surface area contributed by atoms with Crippen LogP contribution in [0.5, 0.6) is 0 Å². The Balaban J connectivity index is 2.10. The molecule has 1 aromatic heterocycles. The molecule has 1 aromatic rings. The van der Waals surface area contributed by atoms with Crippen molar-refractivity contribution in [3.8, 4) is 0 Å². The minimum absolute atomic E-state index is 0.820. The molecule has 0 saturated heterocycles. The summed E-state index contributed by atoms with van der Waals surface area (Å²) in [5.41, 5.74) is 1.15. The standard InChI is InChI=1S/C17H30N4/c1-4-8-15-20-16(18-11-5-2)13(3)17(21-15)19-12-14-9-6-7-10-14/h14H,4-12H2,1-3H3,(H2,18,19,20,21). The normalized spacial score (nSPS) is 15.4. The Bertz CT molecular complexity index is 439. The quantitative estimate of drug-likeness (QED) is 0.754. The fraction of sp³-hybridized carbons (Fsp3) is 0.765. The lowest BCUT2D eigenvalue weighted by atomic mass is 10.1. The first-order valence-corrected chi connectivity index (χ1v) is 8.59. The molecule has 4 nitrogen and oxygen atoms in total. The average Bonchev–Trinajstić information content (AvgIpc) is 2.99. The molecule has 1 aliphatic rings. The van der Waals surface area contributed by atoms with Crippen molar-refractivity contribution in [2.24, 2.45) is 5.92 Å². The van der Waals surface area contributed by atoms with Gasteiger partial charge in [0.05, 0.1) is 0 Å². The van der Waals surface area contributed by atoms with Crippen molar-refractivity contribution >= 4 is 11.6 Å². The minimum Gasteiger partial charge on any atom is -0.370 e. The zero-order chi connectivity index (χ0) is 15.1. The highest BCUT2D eigenvalue weighted by Crippen LogP contribution is 2.26. The number of anilines is 2. The van der Waals surface area contributed by atoms with Crippen molar-refractivity contribution in [3.63, 3.8) is 0 Å². The van der Waals surface area contributed by atoms with Crippen LogP contribution in [0.15, 0.2) is 0 Å². The SMILES string of the molecule is CCCNc1nc(CCC)nc(NCC2CCCC2)c1C. The lowest BCUT2D eigenvalue weighted by molar-refractivity contribution is 0.578. The van der Waals surface area contributed by atoms with Crippen LogP contribution in [-0.2, 0) is 6.42 Å². The predicted octanol–water partition coefficient (Wildman–Crippen LogP) is 4.16. The number of aromatic nitrogens is 2. The summed E-state index contributed by atoms with van der Waals surface area (Å²) >= 11 is 0. The molecule has 2 rings (SSSR count). The Hall–Kier alpha value is -1.32. The summed E-state index contributed by atoms with van der Waals surface area (Å²) in [6, 6.07) is 0. The number of hydrogen-bond acceptors (Lipinski definition) is 4. The van der Waals surface area contributed by atoms with Gasteiger partial charge in [0.1, 0.15) is 17.5 Å². The van der Waals surface area contributed by atoms with E-state index in [0.29, 0.717) is 0 Å². The number of nitrogens with one attached hydrogen (secondary N) is 2. The zero-order valence-corrected chi connectivity index (χ0v) is 13.8. The van der Waals surface area contributed by atoms with Gasteiger partial charge in [0.2, 0.25) is 0 Å². The minimum atomic E-state index is 0.820. The van der Waals surface area contributed by atoms with Crippen molar-refractivity contribution in [1.29, 1.82) is 0 Å². The van der Waals surface area contributed by atoms with Gasteiger partial charge in [-0.15, -0.1) is 0 Å². The van der Waals surface area contributed by atoms with E-state index in [1.54, 1.807) is 0 Å². The van der Waals surface area contributed by atoms with Crippen LogP contribution >= 0.6 is 0 Å². The second-order valence-corrected chi connectivity index (χ2v) is 6.17. The van der Waals surface area contributed by atoms with Gasteiger partial charge in [-0.1, -0.05) is 26.7 Å². The van der Waals surface area contributed by atoms with Gasteiger partial charge in [0, 0.05) is 25.1 Å².